The average Bonchev–Trinajstić information content (AvgIpc) is 3.19. The molecule has 2 aromatic rings. The van der Waals surface area contributed by atoms with E-state index in [1.54, 1.807) is 0 Å². The van der Waals surface area contributed by atoms with Gasteiger partial charge in [0.1, 0.15) is 0 Å². The molecular weight excluding hydrogens is 236 g/mol. The van der Waals surface area contributed by atoms with Crippen molar-refractivity contribution in [1.29, 1.82) is 0 Å². The number of fused-ring (bicyclic) bond motifs is 1. The summed E-state index contributed by atoms with van der Waals surface area (Å²) in [5.74, 6) is 0.0475. The zero-order chi connectivity index (χ0) is 13.5. The van der Waals surface area contributed by atoms with Gasteiger partial charge in [0.2, 0.25) is 5.91 Å². The molecule has 2 aromatic carbocycles. The average molecular weight is 254 g/mol. The molecule has 0 aromatic heterocycles. The van der Waals surface area contributed by atoms with Crippen LogP contribution < -0.4 is 10.6 Å². The Hall–Kier alpha value is -1.87. The topological polar surface area (TPSA) is 46.3 Å². The molecule has 1 saturated carbocycles. The first kappa shape index (κ1) is 12.2. The molecule has 19 heavy (non-hydrogen) atoms. The van der Waals surface area contributed by atoms with Crippen molar-refractivity contribution in [2.45, 2.75) is 25.3 Å². The van der Waals surface area contributed by atoms with Gasteiger partial charge < -0.3 is 10.6 Å². The predicted molar refractivity (Wildman–Crippen MR) is 78.1 cm³/mol. The first-order valence-corrected chi connectivity index (χ1v) is 6.74. The molecule has 1 amide bonds. The van der Waals surface area contributed by atoms with Crippen LogP contribution in [0.15, 0.2) is 42.5 Å². The maximum absolute atomic E-state index is 12.5. The number of hydrogen-bond donors (Lipinski definition) is 1. The lowest BCUT2D eigenvalue weighted by Gasteiger charge is -2.25. The van der Waals surface area contributed by atoms with E-state index in [-0.39, 0.29) is 5.91 Å². The van der Waals surface area contributed by atoms with Gasteiger partial charge in [-0.2, -0.15) is 0 Å². The minimum Gasteiger partial charge on any atom is -0.317 e. The van der Waals surface area contributed by atoms with E-state index in [0.717, 1.165) is 29.3 Å². The molecule has 0 bridgehead atoms. The van der Waals surface area contributed by atoms with Crippen LogP contribution >= 0.6 is 0 Å². The summed E-state index contributed by atoms with van der Waals surface area (Å²) in [6.45, 7) is 2.64. The van der Waals surface area contributed by atoms with Gasteiger partial charge in [-0.05, 0) is 31.2 Å². The molecule has 0 spiro atoms. The van der Waals surface area contributed by atoms with Gasteiger partial charge in [-0.1, -0.05) is 36.4 Å². The fraction of sp³-hybridized carbons (Fsp3) is 0.312. The van der Waals surface area contributed by atoms with Gasteiger partial charge in [0, 0.05) is 11.9 Å². The Morgan fingerprint density at radius 1 is 1.21 bits per heavy atom. The van der Waals surface area contributed by atoms with Crippen LogP contribution in [0.3, 0.4) is 0 Å². The smallest absolute Gasteiger partial charge is 0.247 e. The summed E-state index contributed by atoms with van der Waals surface area (Å²) in [5.41, 5.74) is 6.40. The summed E-state index contributed by atoms with van der Waals surface area (Å²) in [6, 6.07) is 14.2. The number of benzene rings is 2. The maximum atomic E-state index is 12.5. The quantitative estimate of drug-likeness (QED) is 0.915. The zero-order valence-corrected chi connectivity index (χ0v) is 11.1. The highest BCUT2D eigenvalue weighted by Gasteiger charge is 2.48. The highest BCUT2D eigenvalue weighted by molar-refractivity contribution is 6.08. The Labute approximate surface area is 113 Å². The number of carbonyl (C=O) groups excluding carboxylic acids is 1. The minimum atomic E-state index is -0.618. The number of amides is 1. The summed E-state index contributed by atoms with van der Waals surface area (Å²) in [6.07, 6.45) is 1.60. The van der Waals surface area contributed by atoms with Gasteiger partial charge in [-0.15, -0.1) is 0 Å². The van der Waals surface area contributed by atoms with Crippen LogP contribution in [0.5, 0.6) is 0 Å². The molecule has 0 saturated heterocycles. The standard InChI is InChI=1S/C16H18N2O/c1-2-18(15(19)16(17)10-11-16)14-9-5-7-12-6-3-4-8-13(12)14/h3-9H,2,10-11,17H2,1H3. The van der Waals surface area contributed by atoms with Crippen molar-refractivity contribution in [2.75, 3.05) is 11.4 Å². The number of nitrogens with zero attached hydrogens (tertiary/aromatic N) is 1. The molecule has 1 aliphatic rings. The van der Waals surface area contributed by atoms with E-state index in [9.17, 15) is 4.79 Å². The van der Waals surface area contributed by atoms with Crippen LogP contribution in [0.2, 0.25) is 0 Å². The SMILES string of the molecule is CCN(C(=O)C1(N)CC1)c1cccc2ccccc12. The molecule has 1 fully saturated rings. The van der Waals surface area contributed by atoms with Crippen LogP contribution in [0.1, 0.15) is 19.8 Å². The summed E-state index contributed by atoms with van der Waals surface area (Å²) in [5, 5.41) is 2.25. The Bertz CT molecular complexity index is 626. The molecule has 3 heteroatoms. The third kappa shape index (κ3) is 2.00. The predicted octanol–water partition coefficient (Wildman–Crippen LogP) is 2.68. The van der Waals surface area contributed by atoms with Gasteiger partial charge in [-0.25, -0.2) is 0 Å². The number of nitrogens with two attached hydrogens (primary N) is 1. The van der Waals surface area contributed by atoms with Gasteiger partial charge in [0.25, 0.3) is 0 Å². The third-order valence-corrected chi connectivity index (χ3v) is 3.83. The van der Waals surface area contributed by atoms with Gasteiger partial charge in [0.05, 0.1) is 11.2 Å². The van der Waals surface area contributed by atoms with Crippen LogP contribution in [-0.4, -0.2) is 18.0 Å². The fourth-order valence-electron chi connectivity index (χ4n) is 2.48. The summed E-state index contributed by atoms with van der Waals surface area (Å²) in [7, 11) is 0. The number of rotatable bonds is 3. The molecule has 0 atom stereocenters. The number of carbonyl (C=O) groups is 1. The van der Waals surface area contributed by atoms with Crippen molar-refractivity contribution >= 4 is 22.4 Å². The minimum absolute atomic E-state index is 0.0475. The largest absolute Gasteiger partial charge is 0.317 e. The van der Waals surface area contributed by atoms with Crippen molar-refractivity contribution in [1.82, 2.24) is 0 Å². The van der Waals surface area contributed by atoms with Crippen LogP contribution in [0.25, 0.3) is 10.8 Å². The first-order chi connectivity index (χ1) is 9.15. The number of likely N-dealkylation sites (N-methyl/N-ethyl adjacent to an activating group) is 1. The van der Waals surface area contributed by atoms with Crippen LogP contribution in [0, 0.1) is 0 Å². The van der Waals surface area contributed by atoms with Crippen molar-refractivity contribution in [2.24, 2.45) is 5.73 Å². The van der Waals surface area contributed by atoms with Crippen molar-refractivity contribution in [3.8, 4) is 0 Å². The number of hydrogen-bond acceptors (Lipinski definition) is 2. The van der Waals surface area contributed by atoms with E-state index < -0.39 is 5.54 Å². The van der Waals surface area contributed by atoms with E-state index in [1.165, 1.54) is 0 Å². The van der Waals surface area contributed by atoms with Crippen molar-refractivity contribution < 1.29 is 4.79 Å². The molecule has 0 radical (unpaired) electrons. The number of anilines is 1. The Morgan fingerprint density at radius 3 is 2.58 bits per heavy atom. The van der Waals surface area contributed by atoms with E-state index in [4.69, 9.17) is 5.73 Å². The zero-order valence-electron chi connectivity index (χ0n) is 11.1. The molecule has 2 N–H and O–H groups in total. The van der Waals surface area contributed by atoms with E-state index in [2.05, 4.69) is 18.2 Å². The van der Waals surface area contributed by atoms with Crippen LogP contribution in [0.4, 0.5) is 5.69 Å². The molecule has 1 aliphatic carbocycles. The second-order valence-electron chi connectivity index (χ2n) is 5.20. The van der Waals surface area contributed by atoms with Gasteiger partial charge >= 0.3 is 0 Å². The third-order valence-electron chi connectivity index (χ3n) is 3.83. The van der Waals surface area contributed by atoms with Gasteiger partial charge in [-0.3, -0.25) is 4.79 Å². The molecule has 3 nitrogen and oxygen atoms in total. The van der Waals surface area contributed by atoms with Crippen molar-refractivity contribution in [3.05, 3.63) is 42.5 Å². The molecule has 98 valence electrons. The highest BCUT2D eigenvalue weighted by atomic mass is 16.2. The van der Waals surface area contributed by atoms with Gasteiger partial charge in [0.15, 0.2) is 0 Å². The van der Waals surface area contributed by atoms with E-state index >= 15 is 0 Å². The summed E-state index contributed by atoms with van der Waals surface area (Å²) < 4.78 is 0. The lowest BCUT2D eigenvalue weighted by Crippen LogP contribution is -2.45. The normalized spacial score (nSPS) is 16.3. The second kappa shape index (κ2) is 4.35. The molecule has 0 heterocycles. The lowest BCUT2D eigenvalue weighted by atomic mass is 10.1. The second-order valence-corrected chi connectivity index (χ2v) is 5.20. The summed E-state index contributed by atoms with van der Waals surface area (Å²) in [4.78, 5) is 14.3. The van der Waals surface area contributed by atoms with E-state index in [1.807, 2.05) is 36.1 Å². The monoisotopic (exact) mass is 254 g/mol. The molecular formula is C16H18N2O. The lowest BCUT2D eigenvalue weighted by molar-refractivity contribution is -0.120. The molecule has 0 unspecified atom stereocenters. The summed E-state index contributed by atoms with van der Waals surface area (Å²) >= 11 is 0. The Kier molecular flexibility index (Phi) is 2.79. The highest BCUT2D eigenvalue weighted by Crippen LogP contribution is 2.37. The Balaban J connectivity index is 2.09. The molecule has 3 rings (SSSR count). The Morgan fingerprint density at radius 2 is 1.89 bits per heavy atom. The van der Waals surface area contributed by atoms with Crippen molar-refractivity contribution in [3.63, 3.8) is 0 Å². The molecule has 0 aliphatic heterocycles. The fourth-order valence-corrected chi connectivity index (χ4v) is 2.48. The van der Waals surface area contributed by atoms with E-state index in [0.29, 0.717) is 6.54 Å². The maximum Gasteiger partial charge on any atom is 0.247 e. The van der Waals surface area contributed by atoms with Crippen LogP contribution in [-0.2, 0) is 4.79 Å². The first-order valence-electron chi connectivity index (χ1n) is 6.74.